The van der Waals surface area contributed by atoms with Crippen LogP contribution in [0.1, 0.15) is 63.8 Å². The molecule has 4 aromatic rings. The first-order chi connectivity index (χ1) is 23.0. The van der Waals surface area contributed by atoms with Gasteiger partial charge in [0.2, 0.25) is 0 Å². The second-order valence-corrected chi connectivity index (χ2v) is 13.5. The van der Waals surface area contributed by atoms with Gasteiger partial charge in [0.05, 0.1) is 25.9 Å². The van der Waals surface area contributed by atoms with Crippen molar-refractivity contribution in [3.8, 4) is 23.0 Å². The van der Waals surface area contributed by atoms with E-state index in [4.69, 9.17) is 28.4 Å². The standard InChI is InChI=1S/C21H26O4.C20H24O3/c1-15(22)12-23-18-8-4-16(5-9-18)21(2,3)17-6-10-19(11-7-17)24-13-20-14-25-20;1-4-21-17-9-5-15(6-10-17)20(2,3)16-7-11-18(12-8-16)22-13-19-14-23-19/h4-11,15,20,22H,12-14H2,1-3H3;5-12,19H,4,13-14H2,1-3H3. The summed E-state index contributed by atoms with van der Waals surface area (Å²) < 4.78 is 32.8. The highest BCUT2D eigenvalue weighted by Crippen LogP contribution is 2.35. The van der Waals surface area contributed by atoms with E-state index in [2.05, 4.69) is 76.2 Å². The first-order valence-corrected chi connectivity index (χ1v) is 16.9. The Kier molecular flexibility index (Phi) is 11.7. The first-order valence-electron chi connectivity index (χ1n) is 16.9. The summed E-state index contributed by atoms with van der Waals surface area (Å²) in [5.41, 5.74) is 4.76. The second-order valence-electron chi connectivity index (χ2n) is 13.5. The van der Waals surface area contributed by atoms with Crippen LogP contribution in [0, 0.1) is 0 Å². The zero-order chi connectivity index (χ0) is 34.1. The van der Waals surface area contributed by atoms with E-state index < -0.39 is 6.10 Å². The summed E-state index contributed by atoms with van der Waals surface area (Å²) in [6.45, 7) is 16.5. The van der Waals surface area contributed by atoms with E-state index in [-0.39, 0.29) is 23.0 Å². The fourth-order valence-corrected chi connectivity index (χ4v) is 5.30. The molecule has 0 radical (unpaired) electrons. The van der Waals surface area contributed by atoms with Crippen LogP contribution in [0.25, 0.3) is 0 Å². The van der Waals surface area contributed by atoms with Crippen LogP contribution in [0.3, 0.4) is 0 Å². The number of ether oxygens (including phenoxy) is 6. The minimum absolute atomic E-state index is 0.0666. The molecule has 2 aliphatic rings. The SMILES string of the molecule is CC(O)COc1ccc(C(C)(C)c2ccc(OCC3CO3)cc2)cc1.CCOc1ccc(C(C)(C)c2ccc(OCC3CO3)cc2)cc1. The average molecular weight is 655 g/mol. The van der Waals surface area contributed by atoms with Crippen molar-refractivity contribution in [2.45, 2.75) is 70.7 Å². The third-order valence-electron chi connectivity index (χ3n) is 8.78. The van der Waals surface area contributed by atoms with Crippen LogP contribution in [-0.2, 0) is 20.3 Å². The van der Waals surface area contributed by atoms with Crippen molar-refractivity contribution in [3.63, 3.8) is 0 Å². The quantitative estimate of drug-likeness (QED) is 0.131. The molecule has 0 aliphatic carbocycles. The van der Waals surface area contributed by atoms with Crippen LogP contribution < -0.4 is 18.9 Å². The lowest BCUT2D eigenvalue weighted by Crippen LogP contribution is -2.19. The van der Waals surface area contributed by atoms with E-state index in [0.29, 0.717) is 26.4 Å². The normalized spacial score (nSPS) is 17.4. The lowest BCUT2D eigenvalue weighted by atomic mass is 9.78. The molecule has 0 aromatic heterocycles. The zero-order valence-electron chi connectivity index (χ0n) is 29.1. The number of aliphatic hydroxyl groups is 1. The van der Waals surface area contributed by atoms with Gasteiger partial charge in [-0.15, -0.1) is 0 Å². The Morgan fingerprint density at radius 3 is 1.12 bits per heavy atom. The van der Waals surface area contributed by atoms with Crippen molar-refractivity contribution < 1.29 is 33.5 Å². The highest BCUT2D eigenvalue weighted by molar-refractivity contribution is 5.43. The molecule has 4 aromatic carbocycles. The number of rotatable bonds is 15. The van der Waals surface area contributed by atoms with Crippen molar-refractivity contribution in [2.75, 3.05) is 39.6 Å². The van der Waals surface area contributed by atoms with Gasteiger partial charge >= 0.3 is 0 Å². The highest BCUT2D eigenvalue weighted by atomic mass is 16.6. The van der Waals surface area contributed by atoms with E-state index in [1.54, 1.807) is 6.92 Å². The van der Waals surface area contributed by atoms with Crippen LogP contribution in [0.4, 0.5) is 0 Å². The predicted octanol–water partition coefficient (Wildman–Crippen LogP) is 7.74. The third kappa shape index (κ3) is 9.99. The molecule has 3 unspecified atom stereocenters. The maximum absolute atomic E-state index is 9.30. The van der Waals surface area contributed by atoms with Gasteiger partial charge in [0, 0.05) is 10.8 Å². The van der Waals surface area contributed by atoms with E-state index in [1.165, 1.54) is 22.3 Å². The van der Waals surface area contributed by atoms with Gasteiger partial charge in [-0.1, -0.05) is 76.2 Å². The summed E-state index contributed by atoms with van der Waals surface area (Å²) in [5, 5.41) is 9.30. The Hall–Kier alpha value is -4.04. The van der Waals surface area contributed by atoms with Crippen molar-refractivity contribution in [1.82, 2.24) is 0 Å². The lowest BCUT2D eigenvalue weighted by Gasteiger charge is -2.26. The smallest absolute Gasteiger partial charge is 0.119 e. The fraction of sp³-hybridized carbons (Fsp3) is 0.415. The molecular weight excluding hydrogens is 604 g/mol. The molecule has 2 saturated heterocycles. The molecule has 7 heteroatoms. The second kappa shape index (κ2) is 15.9. The molecule has 2 aliphatic heterocycles. The molecule has 3 atom stereocenters. The molecule has 0 spiro atoms. The predicted molar refractivity (Wildman–Crippen MR) is 189 cm³/mol. The number of hydrogen-bond acceptors (Lipinski definition) is 7. The minimum Gasteiger partial charge on any atom is -0.494 e. The Balaban J connectivity index is 0.000000188. The van der Waals surface area contributed by atoms with Crippen LogP contribution in [-0.4, -0.2) is 63.1 Å². The molecule has 2 fully saturated rings. The average Bonchev–Trinajstić information content (AvgIpc) is 4.03. The Morgan fingerprint density at radius 1 is 0.562 bits per heavy atom. The molecule has 256 valence electrons. The molecule has 1 N–H and O–H groups in total. The molecule has 6 rings (SSSR count). The van der Waals surface area contributed by atoms with Crippen molar-refractivity contribution in [2.24, 2.45) is 0 Å². The molecule has 0 bridgehead atoms. The van der Waals surface area contributed by atoms with E-state index in [9.17, 15) is 5.11 Å². The van der Waals surface area contributed by atoms with E-state index >= 15 is 0 Å². The van der Waals surface area contributed by atoms with Crippen molar-refractivity contribution >= 4 is 0 Å². The summed E-state index contributed by atoms with van der Waals surface area (Å²) >= 11 is 0. The topological polar surface area (TPSA) is 82.2 Å². The monoisotopic (exact) mass is 654 g/mol. The molecular formula is C41H50O7. The van der Waals surface area contributed by atoms with Crippen molar-refractivity contribution in [3.05, 3.63) is 119 Å². The van der Waals surface area contributed by atoms with E-state index in [1.807, 2.05) is 55.5 Å². The van der Waals surface area contributed by atoms with Gasteiger partial charge in [-0.2, -0.15) is 0 Å². The Morgan fingerprint density at radius 2 is 0.854 bits per heavy atom. The molecule has 48 heavy (non-hydrogen) atoms. The number of aliphatic hydroxyl groups excluding tert-OH is 1. The van der Waals surface area contributed by atoms with Crippen molar-refractivity contribution in [1.29, 1.82) is 0 Å². The van der Waals surface area contributed by atoms with Gasteiger partial charge in [0.1, 0.15) is 55.0 Å². The first kappa shape index (κ1) is 35.3. The van der Waals surface area contributed by atoms with Crippen LogP contribution >= 0.6 is 0 Å². The van der Waals surface area contributed by atoms with E-state index in [0.717, 1.165) is 36.2 Å². The maximum atomic E-state index is 9.30. The van der Waals surface area contributed by atoms with Gasteiger partial charge in [-0.25, -0.2) is 0 Å². The van der Waals surface area contributed by atoms with Crippen LogP contribution in [0.5, 0.6) is 23.0 Å². The summed E-state index contributed by atoms with van der Waals surface area (Å²) in [6, 6.07) is 33.0. The summed E-state index contributed by atoms with van der Waals surface area (Å²) in [7, 11) is 0. The molecule has 0 saturated carbocycles. The zero-order valence-corrected chi connectivity index (χ0v) is 29.1. The Labute approximate surface area is 285 Å². The summed E-state index contributed by atoms with van der Waals surface area (Å²) in [5.74, 6) is 3.45. The fourth-order valence-electron chi connectivity index (χ4n) is 5.30. The van der Waals surface area contributed by atoms with Gasteiger partial charge in [0.15, 0.2) is 0 Å². The largest absolute Gasteiger partial charge is 0.494 e. The third-order valence-corrected chi connectivity index (χ3v) is 8.78. The molecule has 7 nitrogen and oxygen atoms in total. The Bertz CT molecular complexity index is 1480. The van der Waals surface area contributed by atoms with Gasteiger partial charge in [-0.05, 0) is 84.6 Å². The van der Waals surface area contributed by atoms with Gasteiger partial charge in [0.25, 0.3) is 0 Å². The molecule has 0 amide bonds. The maximum Gasteiger partial charge on any atom is 0.119 e. The lowest BCUT2D eigenvalue weighted by molar-refractivity contribution is 0.122. The number of benzene rings is 4. The van der Waals surface area contributed by atoms with Crippen LogP contribution in [0.2, 0.25) is 0 Å². The number of hydrogen-bond donors (Lipinski definition) is 1. The van der Waals surface area contributed by atoms with Gasteiger partial charge < -0.3 is 33.5 Å². The summed E-state index contributed by atoms with van der Waals surface area (Å²) in [6.07, 6.45) is 0.0870. The van der Waals surface area contributed by atoms with Gasteiger partial charge in [-0.3, -0.25) is 0 Å². The number of epoxide rings is 2. The minimum atomic E-state index is -0.469. The van der Waals surface area contributed by atoms with Crippen LogP contribution in [0.15, 0.2) is 97.1 Å². The summed E-state index contributed by atoms with van der Waals surface area (Å²) in [4.78, 5) is 0. The molecule has 2 heterocycles. The highest BCUT2D eigenvalue weighted by Gasteiger charge is 2.26.